The van der Waals surface area contributed by atoms with Crippen LogP contribution >= 0.6 is 0 Å². The number of hydrogen-bond donors (Lipinski definition) is 1. The number of carboxylic acid groups (broad SMARTS) is 1. The molecule has 0 fully saturated rings. The summed E-state index contributed by atoms with van der Waals surface area (Å²) in [5, 5.41) is 9.29. The second kappa shape index (κ2) is 6.96. The average molecular weight is 353 g/mol. The summed E-state index contributed by atoms with van der Waals surface area (Å²) in [6.45, 7) is 2.02. The maximum atomic E-state index is 11.3. The Balaban J connectivity index is 1.76. The molecular formula is C24H19NO2. The summed E-state index contributed by atoms with van der Waals surface area (Å²) < 4.78 is 2.09. The quantitative estimate of drug-likeness (QED) is 0.502. The Hall–Kier alpha value is -3.59. The van der Waals surface area contributed by atoms with Crippen LogP contribution in [0.5, 0.6) is 0 Å². The smallest absolute Gasteiger partial charge is 0.335 e. The Morgan fingerprint density at radius 2 is 1.41 bits per heavy atom. The Kier molecular flexibility index (Phi) is 4.35. The van der Waals surface area contributed by atoms with Gasteiger partial charge in [-0.1, -0.05) is 60.7 Å². The van der Waals surface area contributed by atoms with Crippen molar-refractivity contribution in [3.63, 3.8) is 0 Å². The van der Waals surface area contributed by atoms with Gasteiger partial charge < -0.3 is 9.67 Å². The fourth-order valence-electron chi connectivity index (χ4n) is 3.35. The summed E-state index contributed by atoms with van der Waals surface area (Å²) in [6.07, 6.45) is 0. The van der Waals surface area contributed by atoms with Crippen molar-refractivity contribution in [3.8, 4) is 28.1 Å². The molecule has 0 aliphatic heterocycles. The molecule has 27 heavy (non-hydrogen) atoms. The van der Waals surface area contributed by atoms with Gasteiger partial charge in [-0.25, -0.2) is 4.79 Å². The predicted molar refractivity (Wildman–Crippen MR) is 108 cm³/mol. The normalized spacial score (nSPS) is 10.7. The van der Waals surface area contributed by atoms with Crippen LogP contribution in [0, 0.1) is 6.92 Å². The number of aryl methyl sites for hydroxylation is 1. The number of aromatic nitrogens is 1. The van der Waals surface area contributed by atoms with Crippen LogP contribution in [0.1, 0.15) is 16.1 Å². The molecule has 0 saturated carbocycles. The zero-order valence-corrected chi connectivity index (χ0v) is 15.0. The van der Waals surface area contributed by atoms with Crippen molar-refractivity contribution in [2.75, 3.05) is 0 Å². The van der Waals surface area contributed by atoms with Crippen molar-refractivity contribution in [1.82, 2.24) is 4.57 Å². The summed E-state index contributed by atoms with van der Waals surface area (Å²) >= 11 is 0. The average Bonchev–Trinajstić information content (AvgIpc) is 3.10. The fourth-order valence-corrected chi connectivity index (χ4v) is 3.35. The first kappa shape index (κ1) is 16.9. The highest BCUT2D eigenvalue weighted by molar-refractivity contribution is 5.88. The molecule has 1 N–H and O–H groups in total. The maximum Gasteiger partial charge on any atom is 0.335 e. The lowest BCUT2D eigenvalue weighted by Crippen LogP contribution is -2.02. The molecule has 1 aromatic heterocycles. The van der Waals surface area contributed by atoms with E-state index in [1.807, 2.05) is 37.3 Å². The van der Waals surface area contributed by atoms with Crippen LogP contribution in [0.25, 0.3) is 28.1 Å². The van der Waals surface area contributed by atoms with Gasteiger partial charge >= 0.3 is 5.97 Å². The van der Waals surface area contributed by atoms with E-state index in [0.29, 0.717) is 0 Å². The lowest BCUT2D eigenvalue weighted by atomic mass is 10.0. The van der Waals surface area contributed by atoms with Crippen molar-refractivity contribution >= 4 is 5.97 Å². The van der Waals surface area contributed by atoms with Crippen molar-refractivity contribution in [3.05, 3.63) is 102 Å². The van der Waals surface area contributed by atoms with E-state index in [2.05, 4.69) is 47.0 Å². The van der Waals surface area contributed by atoms with E-state index in [1.165, 1.54) is 11.1 Å². The van der Waals surface area contributed by atoms with Crippen LogP contribution in [0.4, 0.5) is 0 Å². The van der Waals surface area contributed by atoms with Gasteiger partial charge in [-0.3, -0.25) is 0 Å². The minimum Gasteiger partial charge on any atom is -0.478 e. The molecule has 3 aromatic carbocycles. The minimum atomic E-state index is -0.921. The number of carbonyl (C=O) groups is 1. The first-order valence-electron chi connectivity index (χ1n) is 8.81. The summed E-state index contributed by atoms with van der Waals surface area (Å²) in [5.74, 6) is -0.921. The minimum absolute atomic E-state index is 0.283. The van der Waals surface area contributed by atoms with Gasteiger partial charge in [0.15, 0.2) is 0 Å². The first-order valence-corrected chi connectivity index (χ1v) is 8.81. The van der Waals surface area contributed by atoms with E-state index < -0.39 is 5.97 Å². The summed E-state index contributed by atoms with van der Waals surface area (Å²) in [5.41, 5.74) is 6.66. The summed E-state index contributed by atoms with van der Waals surface area (Å²) in [4.78, 5) is 11.3. The molecule has 0 saturated heterocycles. The molecule has 132 valence electrons. The maximum absolute atomic E-state index is 11.3. The number of benzene rings is 3. The number of carboxylic acids is 1. The summed E-state index contributed by atoms with van der Waals surface area (Å²) in [6, 6.07) is 29.9. The van der Waals surface area contributed by atoms with E-state index >= 15 is 0 Å². The first-order chi connectivity index (χ1) is 13.1. The van der Waals surface area contributed by atoms with Gasteiger partial charge in [0.1, 0.15) is 0 Å². The molecule has 0 unspecified atom stereocenters. The van der Waals surface area contributed by atoms with E-state index in [9.17, 15) is 9.90 Å². The number of nitrogens with zero attached hydrogens (tertiary/aromatic N) is 1. The van der Waals surface area contributed by atoms with Crippen molar-refractivity contribution < 1.29 is 9.90 Å². The number of aromatic carboxylic acids is 1. The zero-order valence-electron chi connectivity index (χ0n) is 15.0. The highest BCUT2D eigenvalue weighted by atomic mass is 16.4. The van der Waals surface area contributed by atoms with Crippen molar-refractivity contribution in [1.29, 1.82) is 0 Å². The fraction of sp³-hybridized carbons (Fsp3) is 0.0417. The van der Waals surface area contributed by atoms with Gasteiger partial charge in [-0.15, -0.1) is 0 Å². The molecule has 4 rings (SSSR count). The van der Waals surface area contributed by atoms with Gasteiger partial charge in [0, 0.05) is 11.4 Å². The molecule has 0 bridgehead atoms. The highest BCUT2D eigenvalue weighted by Crippen LogP contribution is 2.29. The monoisotopic (exact) mass is 353 g/mol. The zero-order chi connectivity index (χ0) is 18.8. The van der Waals surface area contributed by atoms with E-state index in [-0.39, 0.29) is 5.56 Å². The SMILES string of the molecule is Cc1ccc(-c2ccc(-c3ccccc3)cc2)n1-c1cccc(C(=O)O)c1. The van der Waals surface area contributed by atoms with Gasteiger partial charge in [0.05, 0.1) is 11.3 Å². The van der Waals surface area contributed by atoms with Gasteiger partial charge in [0.25, 0.3) is 0 Å². The molecule has 0 amide bonds. The molecule has 0 radical (unpaired) electrons. The highest BCUT2D eigenvalue weighted by Gasteiger charge is 2.12. The Morgan fingerprint density at radius 3 is 2.11 bits per heavy atom. The van der Waals surface area contributed by atoms with Crippen molar-refractivity contribution in [2.45, 2.75) is 6.92 Å². The van der Waals surface area contributed by atoms with Gasteiger partial charge in [0.2, 0.25) is 0 Å². The molecular weight excluding hydrogens is 334 g/mol. The molecule has 0 aliphatic rings. The molecule has 0 spiro atoms. The van der Waals surface area contributed by atoms with Crippen molar-refractivity contribution in [2.24, 2.45) is 0 Å². The van der Waals surface area contributed by atoms with E-state index in [0.717, 1.165) is 22.6 Å². The molecule has 4 aromatic rings. The van der Waals surface area contributed by atoms with E-state index in [1.54, 1.807) is 18.2 Å². The number of rotatable bonds is 4. The molecule has 3 nitrogen and oxygen atoms in total. The van der Waals surface area contributed by atoms with E-state index in [4.69, 9.17) is 0 Å². The van der Waals surface area contributed by atoms with Crippen LogP contribution in [0.3, 0.4) is 0 Å². The van der Waals surface area contributed by atoms with Gasteiger partial charge in [-0.05, 0) is 53.9 Å². The molecule has 1 heterocycles. The second-order valence-corrected chi connectivity index (χ2v) is 6.49. The van der Waals surface area contributed by atoms with Crippen LogP contribution in [0.2, 0.25) is 0 Å². The number of hydrogen-bond acceptors (Lipinski definition) is 1. The van der Waals surface area contributed by atoms with Crippen LogP contribution < -0.4 is 0 Å². The third-order valence-electron chi connectivity index (χ3n) is 4.72. The lowest BCUT2D eigenvalue weighted by molar-refractivity contribution is 0.0697. The Labute approximate surface area is 158 Å². The van der Waals surface area contributed by atoms with Crippen LogP contribution in [-0.4, -0.2) is 15.6 Å². The second-order valence-electron chi connectivity index (χ2n) is 6.49. The van der Waals surface area contributed by atoms with Crippen LogP contribution in [0.15, 0.2) is 91.0 Å². The standard InChI is InChI=1S/C24H19NO2/c1-17-10-15-23(25(17)22-9-5-8-21(16-22)24(26)27)20-13-11-19(12-14-20)18-6-3-2-4-7-18/h2-16H,1H3,(H,26,27). The summed E-state index contributed by atoms with van der Waals surface area (Å²) in [7, 11) is 0. The topological polar surface area (TPSA) is 42.2 Å². The lowest BCUT2D eigenvalue weighted by Gasteiger charge is -2.13. The largest absolute Gasteiger partial charge is 0.478 e. The predicted octanol–water partition coefficient (Wildman–Crippen LogP) is 5.82. The molecule has 3 heteroatoms. The molecule has 0 atom stereocenters. The van der Waals surface area contributed by atoms with Crippen LogP contribution in [-0.2, 0) is 0 Å². The Morgan fingerprint density at radius 1 is 0.741 bits per heavy atom. The molecule has 0 aliphatic carbocycles. The van der Waals surface area contributed by atoms with Gasteiger partial charge in [-0.2, -0.15) is 0 Å². The third kappa shape index (κ3) is 3.27. The Bertz CT molecular complexity index is 1090. The third-order valence-corrected chi connectivity index (χ3v) is 4.72.